The van der Waals surface area contributed by atoms with Gasteiger partial charge in [0, 0.05) is 11.9 Å². The Balaban J connectivity index is 1.95. The van der Waals surface area contributed by atoms with Crippen LogP contribution in [-0.2, 0) is 17.1 Å². The Morgan fingerprint density at radius 2 is 1.65 bits per heavy atom. The predicted octanol–water partition coefficient (Wildman–Crippen LogP) is 6.31. The average molecular weight is 460 g/mol. The predicted molar refractivity (Wildman–Crippen MR) is 104 cm³/mol. The van der Waals surface area contributed by atoms with Crippen LogP contribution >= 0.6 is 11.3 Å². The maximum Gasteiger partial charge on any atom is 0.416 e. The lowest BCUT2D eigenvalue weighted by molar-refractivity contribution is -0.143. The van der Waals surface area contributed by atoms with Gasteiger partial charge in [-0.1, -0.05) is 0 Å². The lowest BCUT2D eigenvalue weighted by atomic mass is 10.1. The van der Waals surface area contributed by atoms with E-state index < -0.39 is 29.2 Å². The molecule has 164 valence electrons. The molecule has 0 unspecified atom stereocenters. The van der Waals surface area contributed by atoms with Crippen molar-refractivity contribution in [3.8, 4) is 10.7 Å². The van der Waals surface area contributed by atoms with E-state index in [-0.39, 0.29) is 12.0 Å². The van der Waals surface area contributed by atoms with Gasteiger partial charge in [0.15, 0.2) is 0 Å². The Morgan fingerprint density at radius 3 is 2.23 bits per heavy atom. The second kappa shape index (κ2) is 8.53. The molecule has 0 radical (unpaired) electrons. The quantitative estimate of drug-likeness (QED) is 0.357. The zero-order valence-electron chi connectivity index (χ0n) is 16.0. The van der Waals surface area contributed by atoms with E-state index in [2.05, 4.69) is 20.3 Å². The minimum atomic E-state index is -4.95. The van der Waals surface area contributed by atoms with Crippen LogP contribution in [0.2, 0.25) is 0 Å². The normalized spacial score (nSPS) is 12.4. The third-order valence-electron chi connectivity index (χ3n) is 3.91. The number of hydrogen-bond acceptors (Lipinski definition) is 6. The monoisotopic (exact) mass is 460 g/mol. The summed E-state index contributed by atoms with van der Waals surface area (Å²) in [5.74, 6) is -0.174. The largest absolute Gasteiger partial charge is 0.504 e. The van der Waals surface area contributed by atoms with Crippen LogP contribution in [0.1, 0.15) is 21.7 Å². The molecule has 0 fully saturated rings. The number of nitrogens with one attached hydrogen (secondary N) is 1. The van der Waals surface area contributed by atoms with E-state index in [1.54, 1.807) is 13.0 Å². The molecule has 0 spiro atoms. The molecule has 0 aliphatic heterocycles. The highest BCUT2D eigenvalue weighted by atomic mass is 32.1. The van der Waals surface area contributed by atoms with Gasteiger partial charge in [0.05, 0.1) is 35.1 Å². The number of aromatic nitrogens is 3. The molecule has 2 heterocycles. The van der Waals surface area contributed by atoms with E-state index in [4.69, 9.17) is 4.74 Å². The minimum Gasteiger partial charge on any atom is -0.504 e. The van der Waals surface area contributed by atoms with Crippen molar-refractivity contribution in [2.45, 2.75) is 19.3 Å². The lowest BCUT2D eigenvalue weighted by Crippen LogP contribution is -2.12. The summed E-state index contributed by atoms with van der Waals surface area (Å²) in [6.45, 7) is 1.77. The van der Waals surface area contributed by atoms with Gasteiger partial charge in [-0.05, 0) is 37.3 Å². The van der Waals surface area contributed by atoms with Crippen molar-refractivity contribution >= 4 is 29.0 Å². The molecule has 1 N–H and O–H groups in total. The van der Waals surface area contributed by atoms with Gasteiger partial charge < -0.3 is 10.1 Å². The van der Waals surface area contributed by atoms with E-state index in [1.807, 2.05) is 0 Å². The van der Waals surface area contributed by atoms with Gasteiger partial charge >= 0.3 is 12.4 Å². The minimum absolute atomic E-state index is 0.0515. The molecule has 5 nitrogen and oxygen atoms in total. The topological polar surface area (TPSA) is 59.9 Å². The van der Waals surface area contributed by atoms with Gasteiger partial charge in [0.25, 0.3) is 0 Å². The highest BCUT2D eigenvalue weighted by Crippen LogP contribution is 2.38. The van der Waals surface area contributed by atoms with Gasteiger partial charge in [0.2, 0.25) is 5.95 Å². The van der Waals surface area contributed by atoms with Crippen LogP contribution in [0.3, 0.4) is 0 Å². The Morgan fingerprint density at radius 1 is 1.00 bits per heavy atom. The van der Waals surface area contributed by atoms with Gasteiger partial charge in [0.1, 0.15) is 10.7 Å². The molecule has 12 heteroatoms. The van der Waals surface area contributed by atoms with Crippen molar-refractivity contribution < 1.29 is 31.1 Å². The maximum absolute atomic E-state index is 13.0. The Kier molecular flexibility index (Phi) is 6.20. The Bertz CT molecular complexity index is 1080. The molecule has 0 amide bonds. The fraction of sp³-hybridized carbons (Fsp3) is 0.211. The van der Waals surface area contributed by atoms with Crippen molar-refractivity contribution in [2.75, 3.05) is 12.4 Å². The number of methoxy groups -OCH3 is 1. The number of ether oxygens (including phenoxy) is 1. The van der Waals surface area contributed by atoms with Crippen LogP contribution in [0.25, 0.3) is 16.8 Å². The molecule has 0 saturated carbocycles. The maximum atomic E-state index is 13.0. The van der Waals surface area contributed by atoms with E-state index >= 15 is 0 Å². The van der Waals surface area contributed by atoms with Crippen molar-refractivity contribution in [3.63, 3.8) is 0 Å². The van der Waals surface area contributed by atoms with Crippen LogP contribution in [-0.4, -0.2) is 22.1 Å². The molecule has 0 atom stereocenters. The van der Waals surface area contributed by atoms with Crippen LogP contribution < -0.4 is 5.32 Å². The van der Waals surface area contributed by atoms with Gasteiger partial charge in [-0.2, -0.15) is 26.3 Å². The van der Waals surface area contributed by atoms with Gasteiger partial charge in [-0.3, -0.25) is 0 Å². The van der Waals surface area contributed by atoms with Crippen LogP contribution in [0.5, 0.6) is 0 Å². The first kappa shape index (κ1) is 22.5. The van der Waals surface area contributed by atoms with E-state index in [9.17, 15) is 26.3 Å². The molecule has 0 bridgehead atoms. The zero-order valence-corrected chi connectivity index (χ0v) is 16.8. The number of rotatable bonds is 5. The first-order valence-corrected chi connectivity index (χ1v) is 9.35. The van der Waals surface area contributed by atoms with E-state index in [1.165, 1.54) is 37.0 Å². The highest BCUT2D eigenvalue weighted by Gasteiger charge is 2.37. The first-order chi connectivity index (χ1) is 14.5. The molecule has 3 rings (SSSR count). The van der Waals surface area contributed by atoms with E-state index in [0.717, 1.165) is 4.88 Å². The molecule has 0 aliphatic rings. The second-order valence-electron chi connectivity index (χ2n) is 6.19. The van der Waals surface area contributed by atoms with Crippen LogP contribution in [0.15, 0.2) is 36.7 Å². The second-order valence-corrected chi connectivity index (χ2v) is 7.22. The fourth-order valence-electron chi connectivity index (χ4n) is 2.50. The van der Waals surface area contributed by atoms with Gasteiger partial charge in [-0.15, -0.1) is 11.3 Å². The Labute approximate surface area is 176 Å². The number of hydrogen-bond donors (Lipinski definition) is 1. The van der Waals surface area contributed by atoms with Crippen molar-refractivity contribution in [3.05, 3.63) is 58.4 Å². The standard InChI is InChI=1S/C19H14F6N4OS/c1-10-15(4-6-30-2)31-16(27-10)14-3-5-26-17(29-14)28-13-8-11(18(20,21)22)7-12(9-13)19(23,24)25/h3-9H,1-2H3,(H,26,28,29)/b6-4+. The number of thiazole rings is 1. The smallest absolute Gasteiger partial charge is 0.416 e. The molecule has 1 aromatic carbocycles. The summed E-state index contributed by atoms with van der Waals surface area (Å²) in [5.41, 5.74) is -2.27. The average Bonchev–Trinajstić information content (AvgIpc) is 3.05. The molecule has 0 saturated heterocycles. The molecule has 2 aromatic heterocycles. The summed E-state index contributed by atoms with van der Waals surface area (Å²) in [5, 5.41) is 2.91. The Hall–Kier alpha value is -3.15. The molecule has 0 aliphatic carbocycles. The van der Waals surface area contributed by atoms with Crippen LogP contribution in [0.4, 0.5) is 38.0 Å². The molecular formula is C19H14F6N4OS. The summed E-state index contributed by atoms with van der Waals surface area (Å²) < 4.78 is 83.1. The zero-order chi connectivity index (χ0) is 22.8. The molecular weight excluding hydrogens is 446 g/mol. The highest BCUT2D eigenvalue weighted by molar-refractivity contribution is 7.16. The summed E-state index contributed by atoms with van der Waals surface area (Å²) in [4.78, 5) is 13.2. The number of halogens is 6. The van der Waals surface area contributed by atoms with Crippen LogP contribution in [0, 0.1) is 6.92 Å². The fourth-order valence-corrected chi connectivity index (χ4v) is 3.42. The SMILES string of the molecule is CO/C=C/c1sc(-c2ccnc(Nc3cc(C(F)(F)F)cc(C(F)(F)F)c3)n2)nc1C. The lowest BCUT2D eigenvalue weighted by Gasteiger charge is -2.14. The van der Waals surface area contributed by atoms with Crippen molar-refractivity contribution in [1.82, 2.24) is 15.0 Å². The third-order valence-corrected chi connectivity index (χ3v) is 5.05. The molecule has 31 heavy (non-hydrogen) atoms. The number of aryl methyl sites for hydroxylation is 1. The summed E-state index contributed by atoms with van der Waals surface area (Å²) in [6, 6.07) is 2.70. The summed E-state index contributed by atoms with van der Waals surface area (Å²) in [6.07, 6.45) is -5.40. The first-order valence-electron chi connectivity index (χ1n) is 8.54. The number of nitrogens with zero attached hydrogens (tertiary/aromatic N) is 3. The summed E-state index contributed by atoms with van der Waals surface area (Å²) >= 11 is 1.29. The summed E-state index contributed by atoms with van der Waals surface area (Å²) in [7, 11) is 1.49. The van der Waals surface area contributed by atoms with Crippen molar-refractivity contribution in [2.24, 2.45) is 0 Å². The number of benzene rings is 1. The van der Waals surface area contributed by atoms with Gasteiger partial charge in [-0.25, -0.2) is 15.0 Å². The van der Waals surface area contributed by atoms with Crippen molar-refractivity contribution in [1.29, 1.82) is 0 Å². The van der Waals surface area contributed by atoms with E-state index in [0.29, 0.717) is 28.5 Å². The molecule has 3 aromatic rings. The third kappa shape index (κ3) is 5.51. The number of anilines is 2. The number of alkyl halides is 6.